The SMILES string of the molecule is O=S(=O)(CC1CS1)c1ncc(Oc2ccco2)[nH]1. The average Bonchev–Trinajstić information content (AvgIpc) is 2.84. The van der Waals surface area contributed by atoms with Gasteiger partial charge in [-0.1, -0.05) is 0 Å². The first kappa shape index (κ1) is 11.7. The molecule has 1 atom stereocenters. The third-order valence-corrected chi connectivity index (χ3v) is 5.16. The second kappa shape index (κ2) is 4.36. The number of sulfone groups is 1. The summed E-state index contributed by atoms with van der Waals surface area (Å²) in [6.07, 6.45) is 2.79. The van der Waals surface area contributed by atoms with Gasteiger partial charge in [-0.3, -0.25) is 4.98 Å². The molecule has 1 aliphatic heterocycles. The van der Waals surface area contributed by atoms with Gasteiger partial charge in [0.05, 0.1) is 18.2 Å². The van der Waals surface area contributed by atoms with Crippen LogP contribution in [0.15, 0.2) is 34.2 Å². The Hall–Kier alpha value is -1.41. The van der Waals surface area contributed by atoms with Crippen molar-refractivity contribution >= 4 is 21.6 Å². The molecule has 0 saturated carbocycles. The number of nitrogens with one attached hydrogen (secondary N) is 1. The Morgan fingerprint density at radius 2 is 2.44 bits per heavy atom. The van der Waals surface area contributed by atoms with Gasteiger partial charge in [-0.2, -0.15) is 11.8 Å². The van der Waals surface area contributed by atoms with Crippen LogP contribution in [0.3, 0.4) is 0 Å². The van der Waals surface area contributed by atoms with Crippen molar-refractivity contribution in [1.29, 1.82) is 0 Å². The van der Waals surface area contributed by atoms with Crippen LogP contribution < -0.4 is 4.74 Å². The van der Waals surface area contributed by atoms with Crippen molar-refractivity contribution in [3.63, 3.8) is 0 Å². The summed E-state index contributed by atoms with van der Waals surface area (Å²) in [5, 5.41) is 0.145. The Kier molecular flexibility index (Phi) is 2.83. The minimum absolute atomic E-state index is 0.0587. The lowest BCUT2D eigenvalue weighted by Crippen LogP contribution is -2.12. The number of hydrogen-bond donors (Lipinski definition) is 1. The molecule has 0 aromatic carbocycles. The van der Waals surface area contributed by atoms with Crippen LogP contribution in [0.2, 0.25) is 0 Å². The lowest BCUT2D eigenvalue weighted by molar-refractivity contribution is 0.337. The number of thioether (sulfide) groups is 1. The van der Waals surface area contributed by atoms with Crippen molar-refractivity contribution < 1.29 is 17.6 Å². The van der Waals surface area contributed by atoms with E-state index in [0.717, 1.165) is 5.75 Å². The van der Waals surface area contributed by atoms with Crippen LogP contribution in [0.25, 0.3) is 0 Å². The number of rotatable bonds is 5. The number of ether oxygens (including phenoxy) is 1. The molecule has 0 amide bonds. The summed E-state index contributed by atoms with van der Waals surface area (Å²) in [6.45, 7) is 0. The number of imidazole rings is 1. The van der Waals surface area contributed by atoms with Crippen LogP contribution in [-0.4, -0.2) is 35.1 Å². The number of aromatic nitrogens is 2. The van der Waals surface area contributed by atoms with Gasteiger partial charge < -0.3 is 9.15 Å². The van der Waals surface area contributed by atoms with Crippen molar-refractivity contribution in [2.45, 2.75) is 10.4 Å². The van der Waals surface area contributed by atoms with Crippen LogP contribution in [0.4, 0.5) is 0 Å². The molecule has 1 unspecified atom stereocenters. The Bertz CT molecular complexity index is 629. The maximum atomic E-state index is 11.9. The predicted octanol–water partition coefficient (Wildman–Crippen LogP) is 1.68. The Labute approximate surface area is 108 Å². The van der Waals surface area contributed by atoms with E-state index < -0.39 is 9.84 Å². The quantitative estimate of drug-likeness (QED) is 0.842. The van der Waals surface area contributed by atoms with Crippen molar-refractivity contribution in [3.05, 3.63) is 24.6 Å². The summed E-state index contributed by atoms with van der Waals surface area (Å²) in [5.74, 6) is 1.54. The molecule has 0 radical (unpaired) electrons. The van der Waals surface area contributed by atoms with E-state index in [0.29, 0.717) is 0 Å². The second-order valence-corrected chi connectivity index (χ2v) is 7.11. The third-order valence-electron chi connectivity index (χ3n) is 2.34. The van der Waals surface area contributed by atoms with Gasteiger partial charge in [-0.05, 0) is 6.07 Å². The van der Waals surface area contributed by atoms with Crippen LogP contribution in [0.5, 0.6) is 11.8 Å². The minimum atomic E-state index is -3.35. The highest BCUT2D eigenvalue weighted by atomic mass is 32.2. The topological polar surface area (TPSA) is 85.2 Å². The molecular weight excluding hydrogens is 276 g/mol. The first-order valence-corrected chi connectivity index (χ1v) is 7.94. The van der Waals surface area contributed by atoms with Crippen molar-refractivity contribution in [2.75, 3.05) is 11.5 Å². The Morgan fingerprint density at radius 3 is 3.11 bits per heavy atom. The molecule has 0 aliphatic carbocycles. The third kappa shape index (κ3) is 2.54. The number of furan rings is 1. The highest BCUT2D eigenvalue weighted by Crippen LogP contribution is 2.32. The van der Waals surface area contributed by atoms with Gasteiger partial charge in [0.25, 0.3) is 5.95 Å². The summed E-state index contributed by atoms with van der Waals surface area (Å²) >= 11 is 1.63. The van der Waals surface area contributed by atoms with Crippen LogP contribution in [0, 0.1) is 0 Å². The van der Waals surface area contributed by atoms with Crippen LogP contribution >= 0.6 is 11.8 Å². The van der Waals surface area contributed by atoms with Gasteiger partial charge in [0.15, 0.2) is 0 Å². The van der Waals surface area contributed by atoms with Crippen LogP contribution in [0.1, 0.15) is 0 Å². The highest BCUT2D eigenvalue weighted by Gasteiger charge is 2.31. The number of hydrogen-bond acceptors (Lipinski definition) is 6. The zero-order valence-electron chi connectivity index (χ0n) is 9.20. The molecule has 0 spiro atoms. The molecule has 8 heteroatoms. The van der Waals surface area contributed by atoms with E-state index >= 15 is 0 Å². The lowest BCUT2D eigenvalue weighted by Gasteiger charge is -1.98. The second-order valence-electron chi connectivity index (χ2n) is 3.82. The maximum Gasteiger partial charge on any atom is 0.291 e. The first-order chi connectivity index (χ1) is 8.63. The number of aromatic amines is 1. The molecule has 1 saturated heterocycles. The Morgan fingerprint density at radius 1 is 1.61 bits per heavy atom. The normalized spacial score (nSPS) is 18.8. The van der Waals surface area contributed by atoms with E-state index in [2.05, 4.69) is 9.97 Å². The molecular formula is C10H10N2O4S2. The van der Waals surface area contributed by atoms with Gasteiger partial charge in [0.2, 0.25) is 20.9 Å². The van der Waals surface area contributed by atoms with Crippen molar-refractivity contribution in [3.8, 4) is 11.8 Å². The molecule has 1 aliphatic rings. The first-order valence-electron chi connectivity index (χ1n) is 5.24. The fraction of sp³-hybridized carbons (Fsp3) is 0.300. The molecule has 3 rings (SSSR count). The molecule has 18 heavy (non-hydrogen) atoms. The van der Waals surface area contributed by atoms with E-state index in [9.17, 15) is 8.42 Å². The van der Waals surface area contributed by atoms with Gasteiger partial charge in [-0.25, -0.2) is 13.4 Å². The van der Waals surface area contributed by atoms with E-state index in [1.54, 1.807) is 23.9 Å². The van der Waals surface area contributed by atoms with E-state index in [-0.39, 0.29) is 28.0 Å². The zero-order valence-corrected chi connectivity index (χ0v) is 10.8. The average molecular weight is 286 g/mol. The minimum Gasteiger partial charge on any atom is -0.434 e. The molecule has 2 aromatic rings. The van der Waals surface area contributed by atoms with Crippen molar-refractivity contribution in [2.24, 2.45) is 0 Å². The number of nitrogens with zero attached hydrogens (tertiary/aromatic N) is 1. The standard InChI is InChI=1S/C10H10N2O4S2/c13-18(14,6-7-5-17-7)10-11-4-8(12-10)16-9-2-1-3-15-9/h1-4,7H,5-6H2,(H,11,12). The van der Waals surface area contributed by atoms with Gasteiger partial charge in [-0.15, -0.1) is 0 Å². The Balaban J connectivity index is 1.76. The number of H-pyrrole nitrogens is 1. The highest BCUT2D eigenvalue weighted by molar-refractivity contribution is 8.08. The molecule has 6 nitrogen and oxygen atoms in total. The van der Waals surface area contributed by atoms with E-state index in [1.165, 1.54) is 12.5 Å². The zero-order chi connectivity index (χ0) is 12.6. The summed E-state index contributed by atoms with van der Waals surface area (Å²) in [7, 11) is -3.35. The van der Waals surface area contributed by atoms with Gasteiger partial charge >= 0.3 is 0 Å². The monoisotopic (exact) mass is 286 g/mol. The summed E-state index contributed by atoms with van der Waals surface area (Å²) < 4.78 is 34.1. The predicted molar refractivity (Wildman–Crippen MR) is 65.7 cm³/mol. The fourth-order valence-corrected chi connectivity index (χ4v) is 3.98. The molecule has 96 valence electrons. The van der Waals surface area contributed by atoms with Gasteiger partial charge in [0.1, 0.15) is 0 Å². The largest absolute Gasteiger partial charge is 0.434 e. The molecule has 2 aromatic heterocycles. The van der Waals surface area contributed by atoms with E-state index in [1.807, 2.05) is 0 Å². The lowest BCUT2D eigenvalue weighted by atomic mass is 10.6. The van der Waals surface area contributed by atoms with Gasteiger partial charge in [0, 0.05) is 17.1 Å². The molecule has 1 N–H and O–H groups in total. The van der Waals surface area contributed by atoms with Crippen molar-refractivity contribution in [1.82, 2.24) is 9.97 Å². The van der Waals surface area contributed by atoms with Crippen LogP contribution in [-0.2, 0) is 9.84 Å². The fourth-order valence-electron chi connectivity index (χ4n) is 1.41. The smallest absolute Gasteiger partial charge is 0.291 e. The summed E-state index contributed by atoms with van der Waals surface area (Å²) in [5.41, 5.74) is 0. The molecule has 0 bridgehead atoms. The maximum absolute atomic E-state index is 11.9. The molecule has 1 fully saturated rings. The summed E-state index contributed by atoms with van der Waals surface area (Å²) in [6, 6.07) is 3.30. The van der Waals surface area contributed by atoms with E-state index in [4.69, 9.17) is 9.15 Å². The molecule has 3 heterocycles. The summed E-state index contributed by atoms with van der Waals surface area (Å²) in [4.78, 5) is 6.46.